The molecule has 2 amide bonds. The van der Waals surface area contributed by atoms with Crippen LogP contribution < -0.4 is 15.5 Å². The topological polar surface area (TPSA) is 82.6 Å². The lowest BCUT2D eigenvalue weighted by Crippen LogP contribution is -2.45. The highest BCUT2D eigenvalue weighted by atomic mass is 16.5. The van der Waals surface area contributed by atoms with E-state index in [-0.39, 0.29) is 12.1 Å². The van der Waals surface area contributed by atoms with E-state index in [1.165, 1.54) is 5.56 Å². The third-order valence-corrected chi connectivity index (χ3v) is 5.94. The Morgan fingerprint density at radius 1 is 1.29 bits per heavy atom. The fourth-order valence-electron chi connectivity index (χ4n) is 4.27. The predicted octanol–water partition coefficient (Wildman–Crippen LogP) is 2.81. The summed E-state index contributed by atoms with van der Waals surface area (Å²) in [5.74, 6) is 1.79. The van der Waals surface area contributed by atoms with Crippen LogP contribution in [-0.4, -0.2) is 66.8 Å². The number of rotatable bonds is 4. The van der Waals surface area contributed by atoms with E-state index >= 15 is 0 Å². The molecule has 166 valence electrons. The Hall–Kier alpha value is -2.71. The van der Waals surface area contributed by atoms with E-state index in [4.69, 9.17) is 14.7 Å². The number of benzene rings is 1. The van der Waals surface area contributed by atoms with Gasteiger partial charge in [0.15, 0.2) is 5.82 Å². The Labute approximate surface area is 184 Å². The first-order valence-corrected chi connectivity index (χ1v) is 11.0. The molecule has 3 heterocycles. The molecule has 0 bridgehead atoms. The molecule has 1 fully saturated rings. The van der Waals surface area contributed by atoms with Crippen LogP contribution in [-0.2, 0) is 17.7 Å². The van der Waals surface area contributed by atoms with Gasteiger partial charge in [0.05, 0.1) is 24.9 Å². The lowest BCUT2D eigenvalue weighted by molar-refractivity contribution is 0.0983. The molecular formula is C23H32N6O2. The Kier molecular flexibility index (Phi) is 6.38. The normalized spacial score (nSPS) is 19.1. The summed E-state index contributed by atoms with van der Waals surface area (Å²) < 4.78 is 5.66. The number of hydrogen-bond donors (Lipinski definition) is 2. The Morgan fingerprint density at radius 2 is 2.13 bits per heavy atom. The number of amides is 2. The first-order valence-electron chi connectivity index (χ1n) is 11.0. The summed E-state index contributed by atoms with van der Waals surface area (Å²) in [7, 11) is 2.13. The summed E-state index contributed by atoms with van der Waals surface area (Å²) in [6.07, 6.45) is 0.958. The van der Waals surface area contributed by atoms with Gasteiger partial charge in [-0.1, -0.05) is 0 Å². The fourth-order valence-corrected chi connectivity index (χ4v) is 4.27. The van der Waals surface area contributed by atoms with Crippen LogP contribution >= 0.6 is 0 Å². The number of morpholine rings is 1. The molecule has 2 aliphatic heterocycles. The van der Waals surface area contributed by atoms with Crippen LogP contribution in [0, 0.1) is 6.92 Å². The zero-order valence-electron chi connectivity index (χ0n) is 18.9. The third-order valence-electron chi connectivity index (χ3n) is 5.94. The van der Waals surface area contributed by atoms with Gasteiger partial charge in [-0.2, -0.15) is 0 Å². The van der Waals surface area contributed by atoms with E-state index in [9.17, 15) is 4.79 Å². The van der Waals surface area contributed by atoms with E-state index in [1.807, 2.05) is 32.0 Å². The second-order valence-electron chi connectivity index (χ2n) is 8.42. The van der Waals surface area contributed by atoms with Gasteiger partial charge in [0.1, 0.15) is 5.82 Å². The van der Waals surface area contributed by atoms with Crippen LogP contribution in [0.1, 0.15) is 30.7 Å². The van der Waals surface area contributed by atoms with Gasteiger partial charge in [0, 0.05) is 43.0 Å². The first kappa shape index (κ1) is 21.5. The molecule has 31 heavy (non-hydrogen) atoms. The van der Waals surface area contributed by atoms with Crippen molar-refractivity contribution in [3.05, 3.63) is 35.0 Å². The maximum absolute atomic E-state index is 11.9. The number of carbonyl (C=O) groups is 1. The maximum atomic E-state index is 11.9. The van der Waals surface area contributed by atoms with Crippen molar-refractivity contribution < 1.29 is 9.53 Å². The van der Waals surface area contributed by atoms with Crippen molar-refractivity contribution in [1.29, 1.82) is 0 Å². The van der Waals surface area contributed by atoms with Gasteiger partial charge in [-0.15, -0.1) is 0 Å². The third kappa shape index (κ3) is 4.65. The van der Waals surface area contributed by atoms with Crippen LogP contribution in [0.3, 0.4) is 0 Å². The number of ether oxygens (including phenoxy) is 1. The van der Waals surface area contributed by atoms with Gasteiger partial charge >= 0.3 is 6.03 Å². The predicted molar refractivity (Wildman–Crippen MR) is 123 cm³/mol. The molecule has 1 aromatic heterocycles. The molecule has 8 heteroatoms. The number of aromatic nitrogens is 2. The standard InChI is InChI=1S/C23H32N6O2/c1-5-24-23(30)25-17-6-7-18(15(2)12-17)21-26-20-13-28(4)9-8-19(20)22(27-21)29-10-11-31-14-16(29)3/h6-7,12,16H,5,8-11,13-14H2,1-4H3,(H2,24,25,30). The first-order chi connectivity index (χ1) is 15.0. The van der Waals surface area contributed by atoms with Crippen molar-refractivity contribution in [3.8, 4) is 11.4 Å². The van der Waals surface area contributed by atoms with E-state index in [2.05, 4.69) is 34.4 Å². The van der Waals surface area contributed by atoms with Gasteiger partial charge in [0.25, 0.3) is 0 Å². The summed E-state index contributed by atoms with van der Waals surface area (Å²) in [5.41, 5.74) is 5.14. The minimum atomic E-state index is -0.202. The molecule has 2 N–H and O–H groups in total. The van der Waals surface area contributed by atoms with Gasteiger partial charge in [-0.05, 0) is 58.0 Å². The fraction of sp³-hybridized carbons (Fsp3) is 0.522. The smallest absolute Gasteiger partial charge is 0.319 e. The summed E-state index contributed by atoms with van der Waals surface area (Å²) in [6.45, 7) is 10.8. The lowest BCUT2D eigenvalue weighted by atomic mass is 10.0. The monoisotopic (exact) mass is 424 g/mol. The van der Waals surface area contributed by atoms with Crippen LogP contribution in [0.2, 0.25) is 0 Å². The molecule has 0 spiro atoms. The molecule has 0 aliphatic carbocycles. The number of likely N-dealkylation sites (N-methyl/N-ethyl adjacent to an activating group) is 1. The molecule has 8 nitrogen and oxygen atoms in total. The second kappa shape index (κ2) is 9.20. The summed E-state index contributed by atoms with van der Waals surface area (Å²) in [4.78, 5) is 26.6. The van der Waals surface area contributed by atoms with Gasteiger partial charge in [-0.3, -0.25) is 0 Å². The van der Waals surface area contributed by atoms with Crippen LogP contribution in [0.4, 0.5) is 16.3 Å². The van der Waals surface area contributed by atoms with Crippen molar-refractivity contribution in [2.24, 2.45) is 0 Å². The van der Waals surface area contributed by atoms with Gasteiger partial charge < -0.3 is 25.2 Å². The molecule has 0 saturated carbocycles. The molecule has 2 aliphatic rings. The van der Waals surface area contributed by atoms with Crippen LogP contribution in [0.5, 0.6) is 0 Å². The number of nitrogens with zero attached hydrogens (tertiary/aromatic N) is 4. The maximum Gasteiger partial charge on any atom is 0.319 e. The average Bonchev–Trinajstić information content (AvgIpc) is 2.73. The van der Waals surface area contributed by atoms with Crippen molar-refractivity contribution >= 4 is 17.5 Å². The number of nitrogens with one attached hydrogen (secondary N) is 2. The van der Waals surface area contributed by atoms with Gasteiger partial charge in [0.2, 0.25) is 0 Å². The molecular weight excluding hydrogens is 392 g/mol. The van der Waals surface area contributed by atoms with Crippen molar-refractivity contribution in [3.63, 3.8) is 0 Å². The molecule has 1 aromatic carbocycles. The number of anilines is 2. The number of fused-ring (bicyclic) bond motifs is 1. The van der Waals surface area contributed by atoms with E-state index in [0.29, 0.717) is 13.2 Å². The molecule has 1 unspecified atom stereocenters. The zero-order chi connectivity index (χ0) is 22.0. The van der Waals surface area contributed by atoms with E-state index < -0.39 is 0 Å². The largest absolute Gasteiger partial charge is 0.377 e. The number of carbonyl (C=O) groups excluding carboxylic acids is 1. The second-order valence-corrected chi connectivity index (χ2v) is 8.42. The number of aryl methyl sites for hydroxylation is 1. The lowest BCUT2D eigenvalue weighted by Gasteiger charge is -2.37. The Bertz CT molecular complexity index is 963. The van der Waals surface area contributed by atoms with Gasteiger partial charge in [-0.25, -0.2) is 14.8 Å². The zero-order valence-corrected chi connectivity index (χ0v) is 18.9. The molecule has 1 atom stereocenters. The molecule has 4 rings (SSSR count). The van der Waals surface area contributed by atoms with Crippen molar-refractivity contribution in [2.75, 3.05) is 50.1 Å². The average molecular weight is 425 g/mol. The Morgan fingerprint density at radius 3 is 2.87 bits per heavy atom. The minimum absolute atomic E-state index is 0.202. The summed E-state index contributed by atoms with van der Waals surface area (Å²) in [5, 5.41) is 5.62. The molecule has 2 aromatic rings. The molecule has 0 radical (unpaired) electrons. The summed E-state index contributed by atoms with van der Waals surface area (Å²) >= 11 is 0. The van der Waals surface area contributed by atoms with E-state index in [1.54, 1.807) is 0 Å². The van der Waals surface area contributed by atoms with E-state index in [0.717, 1.165) is 66.8 Å². The Balaban J connectivity index is 1.72. The minimum Gasteiger partial charge on any atom is -0.377 e. The van der Waals surface area contributed by atoms with Crippen molar-refractivity contribution in [2.45, 2.75) is 39.8 Å². The number of hydrogen-bond acceptors (Lipinski definition) is 6. The number of urea groups is 1. The van der Waals surface area contributed by atoms with Crippen LogP contribution in [0.25, 0.3) is 11.4 Å². The highest BCUT2D eigenvalue weighted by molar-refractivity contribution is 5.89. The van der Waals surface area contributed by atoms with Crippen LogP contribution in [0.15, 0.2) is 18.2 Å². The molecule has 1 saturated heterocycles. The highest BCUT2D eigenvalue weighted by Gasteiger charge is 2.28. The SMILES string of the molecule is CCNC(=O)Nc1ccc(-c2nc3c(c(N4CCOCC4C)n2)CCN(C)C3)c(C)c1. The summed E-state index contributed by atoms with van der Waals surface area (Å²) in [6, 6.07) is 5.95. The quantitative estimate of drug-likeness (QED) is 0.785. The highest BCUT2D eigenvalue weighted by Crippen LogP contribution is 2.32. The van der Waals surface area contributed by atoms with Crippen molar-refractivity contribution in [1.82, 2.24) is 20.2 Å².